The average molecular weight is 457 g/mol. The Morgan fingerprint density at radius 3 is 2.06 bits per heavy atom. The normalized spacial score (nSPS) is 22.5. The van der Waals surface area contributed by atoms with Crippen molar-refractivity contribution in [2.24, 2.45) is 0 Å². The lowest BCUT2D eigenvalue weighted by molar-refractivity contribution is 0.0225. The SMILES string of the molecule is COc1ccc(S(=O)(=O)c2ccc(C(C)N3CCN(C4CCCCC4)C[C@H]3C)cc2)cc1. The van der Waals surface area contributed by atoms with Crippen LogP contribution in [0.4, 0.5) is 0 Å². The Kier molecular flexibility index (Phi) is 7.23. The summed E-state index contributed by atoms with van der Waals surface area (Å²) in [7, 11) is -1.97. The number of ether oxygens (including phenoxy) is 1. The molecule has 1 heterocycles. The first-order chi connectivity index (χ1) is 15.4. The molecule has 0 spiro atoms. The van der Waals surface area contributed by atoms with Crippen molar-refractivity contribution in [3.63, 3.8) is 0 Å². The fourth-order valence-electron chi connectivity index (χ4n) is 5.36. The van der Waals surface area contributed by atoms with Gasteiger partial charge < -0.3 is 4.74 Å². The van der Waals surface area contributed by atoms with Crippen molar-refractivity contribution < 1.29 is 13.2 Å². The van der Waals surface area contributed by atoms with Gasteiger partial charge in [-0.2, -0.15) is 0 Å². The summed E-state index contributed by atoms with van der Waals surface area (Å²) in [4.78, 5) is 5.88. The van der Waals surface area contributed by atoms with Crippen molar-refractivity contribution in [2.75, 3.05) is 26.7 Å². The molecule has 0 aromatic heterocycles. The second-order valence-corrected chi connectivity index (χ2v) is 11.2. The molecular weight excluding hydrogens is 420 g/mol. The molecule has 1 saturated carbocycles. The van der Waals surface area contributed by atoms with Gasteiger partial charge in [-0.25, -0.2) is 8.42 Å². The summed E-state index contributed by atoms with van der Waals surface area (Å²) in [5.74, 6) is 0.644. The molecule has 0 radical (unpaired) electrons. The van der Waals surface area contributed by atoms with Gasteiger partial charge in [0.05, 0.1) is 16.9 Å². The molecule has 0 N–H and O–H groups in total. The van der Waals surface area contributed by atoms with Gasteiger partial charge in [-0.1, -0.05) is 31.4 Å². The quantitative estimate of drug-likeness (QED) is 0.617. The van der Waals surface area contributed by atoms with E-state index in [0.29, 0.717) is 16.7 Å². The number of benzene rings is 2. The summed E-state index contributed by atoms with van der Waals surface area (Å²) >= 11 is 0. The zero-order chi connectivity index (χ0) is 22.7. The van der Waals surface area contributed by atoms with Gasteiger partial charge in [0.2, 0.25) is 9.84 Å². The van der Waals surface area contributed by atoms with Crippen LogP contribution in [0.15, 0.2) is 58.3 Å². The summed E-state index contributed by atoms with van der Waals surface area (Å²) in [5.41, 5.74) is 1.16. The Balaban J connectivity index is 1.43. The third-order valence-electron chi connectivity index (χ3n) is 7.34. The zero-order valence-corrected chi connectivity index (χ0v) is 20.4. The van der Waals surface area contributed by atoms with Gasteiger partial charge >= 0.3 is 0 Å². The van der Waals surface area contributed by atoms with Crippen molar-refractivity contribution >= 4 is 9.84 Å². The summed E-state index contributed by atoms with van der Waals surface area (Å²) in [6.45, 7) is 7.88. The maximum atomic E-state index is 13.0. The summed E-state index contributed by atoms with van der Waals surface area (Å²) in [5, 5.41) is 0. The third-order valence-corrected chi connectivity index (χ3v) is 9.13. The van der Waals surface area contributed by atoms with Crippen molar-refractivity contribution in [3.8, 4) is 5.75 Å². The fraction of sp³-hybridized carbons (Fsp3) is 0.538. The number of nitrogens with zero attached hydrogens (tertiary/aromatic N) is 2. The van der Waals surface area contributed by atoms with Gasteiger partial charge in [0.25, 0.3) is 0 Å². The molecule has 2 aromatic carbocycles. The molecule has 0 amide bonds. The van der Waals surface area contributed by atoms with Gasteiger partial charge in [0.1, 0.15) is 5.75 Å². The van der Waals surface area contributed by atoms with E-state index in [9.17, 15) is 8.42 Å². The highest BCUT2D eigenvalue weighted by atomic mass is 32.2. The predicted octanol–water partition coefficient (Wildman–Crippen LogP) is 4.93. The first-order valence-electron chi connectivity index (χ1n) is 11.9. The summed E-state index contributed by atoms with van der Waals surface area (Å²) in [6, 6.07) is 15.5. The van der Waals surface area contributed by atoms with Crippen LogP contribution in [0.25, 0.3) is 0 Å². The predicted molar refractivity (Wildman–Crippen MR) is 128 cm³/mol. The van der Waals surface area contributed by atoms with E-state index in [1.165, 1.54) is 32.1 Å². The molecule has 0 bridgehead atoms. The molecule has 4 rings (SSSR count). The van der Waals surface area contributed by atoms with Gasteiger partial charge in [-0.3, -0.25) is 9.80 Å². The zero-order valence-electron chi connectivity index (χ0n) is 19.5. The van der Waals surface area contributed by atoms with Gasteiger partial charge in [-0.05, 0) is 68.7 Å². The number of hydrogen-bond acceptors (Lipinski definition) is 5. The molecule has 1 saturated heterocycles. The average Bonchev–Trinajstić information content (AvgIpc) is 2.84. The number of rotatable bonds is 6. The molecule has 32 heavy (non-hydrogen) atoms. The minimum absolute atomic E-state index is 0.260. The molecule has 5 nitrogen and oxygen atoms in total. The third kappa shape index (κ3) is 4.87. The summed E-state index contributed by atoms with van der Waals surface area (Å²) < 4.78 is 31.1. The van der Waals surface area contributed by atoms with Crippen LogP contribution >= 0.6 is 0 Å². The van der Waals surface area contributed by atoms with Crippen molar-refractivity contribution in [1.82, 2.24) is 9.80 Å². The van der Waals surface area contributed by atoms with E-state index in [0.717, 1.165) is 31.2 Å². The molecule has 174 valence electrons. The first kappa shape index (κ1) is 23.3. The lowest BCUT2D eigenvalue weighted by atomic mass is 9.93. The van der Waals surface area contributed by atoms with Crippen LogP contribution in [0.5, 0.6) is 5.75 Å². The molecule has 1 aliphatic heterocycles. The second kappa shape index (κ2) is 9.94. The lowest BCUT2D eigenvalue weighted by Gasteiger charge is -2.46. The van der Waals surface area contributed by atoms with Crippen LogP contribution in [-0.2, 0) is 9.84 Å². The Morgan fingerprint density at radius 1 is 0.906 bits per heavy atom. The highest BCUT2D eigenvalue weighted by Gasteiger charge is 2.31. The number of methoxy groups -OCH3 is 1. The van der Waals surface area contributed by atoms with Crippen molar-refractivity contribution in [3.05, 3.63) is 54.1 Å². The Labute approximate surface area is 193 Å². The Morgan fingerprint density at radius 2 is 1.50 bits per heavy atom. The van der Waals surface area contributed by atoms with Gasteiger partial charge in [-0.15, -0.1) is 0 Å². The van der Waals surface area contributed by atoms with Crippen LogP contribution < -0.4 is 4.74 Å². The molecule has 2 aromatic rings. The lowest BCUT2D eigenvalue weighted by Crippen LogP contribution is -2.55. The Bertz CT molecular complexity index is 983. The number of sulfone groups is 1. The maximum absolute atomic E-state index is 13.0. The van der Waals surface area contributed by atoms with Gasteiger partial charge in [0.15, 0.2) is 0 Å². The molecular formula is C26H36N2O3S. The largest absolute Gasteiger partial charge is 0.497 e. The van der Waals surface area contributed by atoms with Crippen LogP contribution in [0, 0.1) is 0 Å². The highest BCUT2D eigenvalue weighted by Crippen LogP contribution is 2.30. The molecule has 2 aliphatic rings. The van der Waals surface area contributed by atoms with E-state index in [2.05, 4.69) is 23.6 Å². The van der Waals surface area contributed by atoms with E-state index >= 15 is 0 Å². The van der Waals surface area contributed by atoms with Crippen LogP contribution in [0.2, 0.25) is 0 Å². The Hall–Kier alpha value is -1.89. The monoisotopic (exact) mass is 456 g/mol. The van der Waals surface area contributed by atoms with Crippen molar-refractivity contribution in [2.45, 2.75) is 73.9 Å². The molecule has 2 atom stereocenters. The highest BCUT2D eigenvalue weighted by molar-refractivity contribution is 7.91. The number of hydrogen-bond donors (Lipinski definition) is 0. The van der Waals surface area contributed by atoms with Crippen LogP contribution in [-0.4, -0.2) is 57.0 Å². The fourth-order valence-corrected chi connectivity index (χ4v) is 6.62. The first-order valence-corrected chi connectivity index (χ1v) is 13.4. The number of piperazine rings is 1. The van der Waals surface area contributed by atoms with E-state index in [-0.39, 0.29) is 10.9 Å². The van der Waals surface area contributed by atoms with E-state index in [1.54, 1.807) is 43.5 Å². The molecule has 1 unspecified atom stereocenters. The van der Waals surface area contributed by atoms with Crippen molar-refractivity contribution in [1.29, 1.82) is 0 Å². The van der Waals surface area contributed by atoms with Crippen LogP contribution in [0.1, 0.15) is 57.6 Å². The second-order valence-electron chi connectivity index (χ2n) is 9.30. The molecule has 2 fully saturated rings. The van der Waals surface area contributed by atoms with Gasteiger partial charge in [0, 0.05) is 37.8 Å². The molecule has 6 heteroatoms. The van der Waals surface area contributed by atoms with E-state index < -0.39 is 9.84 Å². The van der Waals surface area contributed by atoms with E-state index in [1.807, 2.05) is 12.1 Å². The molecule has 1 aliphatic carbocycles. The topological polar surface area (TPSA) is 49.9 Å². The minimum atomic E-state index is -3.54. The standard InChI is InChI=1S/C26H36N2O3S/c1-20-19-27(23-7-5-4-6-8-23)17-18-28(20)21(2)22-9-13-25(14-10-22)32(29,30)26-15-11-24(31-3)12-16-26/h9-16,20-21,23H,4-8,17-19H2,1-3H3/t20-,21?/m1/s1. The van der Waals surface area contributed by atoms with Crippen LogP contribution in [0.3, 0.4) is 0 Å². The minimum Gasteiger partial charge on any atom is -0.497 e. The maximum Gasteiger partial charge on any atom is 0.206 e. The smallest absolute Gasteiger partial charge is 0.206 e. The summed E-state index contributed by atoms with van der Waals surface area (Å²) in [6.07, 6.45) is 6.86. The van der Waals surface area contributed by atoms with E-state index in [4.69, 9.17) is 4.74 Å².